The van der Waals surface area contributed by atoms with Gasteiger partial charge >= 0.3 is 0 Å². The van der Waals surface area contributed by atoms with Crippen LogP contribution >= 0.6 is 0 Å². The summed E-state index contributed by atoms with van der Waals surface area (Å²) >= 11 is 0. The molecular weight excluding hydrogens is 384 g/mol. The van der Waals surface area contributed by atoms with E-state index in [0.29, 0.717) is 41.8 Å². The topological polar surface area (TPSA) is 78.4 Å². The molecule has 0 saturated heterocycles. The number of methoxy groups -OCH3 is 1. The van der Waals surface area contributed by atoms with Crippen molar-refractivity contribution < 1.29 is 23.7 Å². The summed E-state index contributed by atoms with van der Waals surface area (Å²) in [6.45, 7) is 5.08. The standard InChI is InChI=1S/C23H26N2O5/c1-5-12-29-19-10-8-17(14-21(19)27-4)16-24-25-23(26)18-9-11-20(30-13-6-2)22(15-18)28-7-3/h1,8-11,14-16H,6-7,12-13H2,2-4H3,(H,25,26)/b24-16+. The molecule has 0 aliphatic rings. The molecule has 0 spiro atoms. The van der Waals surface area contributed by atoms with Gasteiger partial charge in [-0.15, -0.1) is 6.42 Å². The van der Waals surface area contributed by atoms with Crippen molar-refractivity contribution >= 4 is 12.1 Å². The number of benzene rings is 2. The fourth-order valence-electron chi connectivity index (χ4n) is 2.48. The first-order valence-corrected chi connectivity index (χ1v) is 9.60. The minimum atomic E-state index is -0.366. The average Bonchev–Trinajstić information content (AvgIpc) is 2.77. The Morgan fingerprint density at radius 1 is 1.07 bits per heavy atom. The number of carbonyl (C=O) groups excluding carboxylic acids is 1. The van der Waals surface area contributed by atoms with Crippen molar-refractivity contribution in [3.05, 3.63) is 47.5 Å². The summed E-state index contributed by atoms with van der Waals surface area (Å²) in [5.41, 5.74) is 3.63. The molecule has 2 aromatic rings. The Hall–Kier alpha value is -3.66. The molecule has 0 fully saturated rings. The Labute approximate surface area is 177 Å². The van der Waals surface area contributed by atoms with Gasteiger partial charge in [0.1, 0.15) is 6.61 Å². The third kappa shape index (κ3) is 6.45. The van der Waals surface area contributed by atoms with E-state index in [1.54, 1.807) is 36.4 Å². The van der Waals surface area contributed by atoms with E-state index in [-0.39, 0.29) is 12.5 Å². The zero-order valence-electron chi connectivity index (χ0n) is 17.4. The maximum atomic E-state index is 12.4. The van der Waals surface area contributed by atoms with E-state index < -0.39 is 0 Å². The summed E-state index contributed by atoms with van der Waals surface area (Å²) in [5, 5.41) is 4.01. The van der Waals surface area contributed by atoms with Crippen LogP contribution in [0.4, 0.5) is 0 Å². The van der Waals surface area contributed by atoms with Gasteiger partial charge in [0.15, 0.2) is 23.0 Å². The van der Waals surface area contributed by atoms with Gasteiger partial charge in [0.05, 0.1) is 26.5 Å². The molecule has 0 aliphatic carbocycles. The molecule has 0 saturated carbocycles. The molecule has 2 rings (SSSR count). The number of hydrogen-bond acceptors (Lipinski definition) is 6. The monoisotopic (exact) mass is 410 g/mol. The quantitative estimate of drug-likeness (QED) is 0.348. The highest BCUT2D eigenvalue weighted by molar-refractivity contribution is 5.95. The second-order valence-electron chi connectivity index (χ2n) is 6.05. The molecule has 0 aromatic heterocycles. The molecule has 30 heavy (non-hydrogen) atoms. The van der Waals surface area contributed by atoms with Crippen LogP contribution in [-0.2, 0) is 0 Å². The fourth-order valence-corrected chi connectivity index (χ4v) is 2.48. The molecule has 2 aromatic carbocycles. The Balaban J connectivity index is 2.06. The van der Waals surface area contributed by atoms with Crippen LogP contribution in [-0.4, -0.2) is 39.1 Å². The maximum Gasteiger partial charge on any atom is 0.271 e. The number of terminal acetylenes is 1. The molecule has 0 unspecified atom stereocenters. The van der Waals surface area contributed by atoms with E-state index in [1.165, 1.54) is 13.3 Å². The van der Waals surface area contributed by atoms with Gasteiger partial charge in [-0.1, -0.05) is 12.8 Å². The van der Waals surface area contributed by atoms with Gasteiger partial charge in [-0.05, 0) is 55.3 Å². The second-order valence-corrected chi connectivity index (χ2v) is 6.05. The maximum absolute atomic E-state index is 12.4. The predicted octanol–water partition coefficient (Wildman–Crippen LogP) is 3.66. The first-order chi connectivity index (χ1) is 14.6. The van der Waals surface area contributed by atoms with Crippen LogP contribution in [0.1, 0.15) is 36.2 Å². The summed E-state index contributed by atoms with van der Waals surface area (Å²) in [6, 6.07) is 10.3. The number of hydrogen-bond donors (Lipinski definition) is 1. The first kappa shape index (κ1) is 22.6. The minimum absolute atomic E-state index is 0.145. The molecule has 0 atom stereocenters. The van der Waals surface area contributed by atoms with Gasteiger partial charge in [-0.2, -0.15) is 5.10 Å². The summed E-state index contributed by atoms with van der Waals surface area (Å²) in [4.78, 5) is 12.4. The number of hydrazone groups is 1. The predicted molar refractivity (Wildman–Crippen MR) is 116 cm³/mol. The largest absolute Gasteiger partial charge is 0.493 e. The van der Waals surface area contributed by atoms with Gasteiger partial charge in [-0.25, -0.2) is 5.43 Å². The van der Waals surface area contributed by atoms with Gasteiger partial charge < -0.3 is 18.9 Å². The highest BCUT2D eigenvalue weighted by atomic mass is 16.5. The third-order valence-corrected chi connectivity index (χ3v) is 3.85. The van der Waals surface area contributed by atoms with Crippen LogP contribution in [0, 0.1) is 12.3 Å². The summed E-state index contributed by atoms with van der Waals surface area (Å²) < 4.78 is 21.9. The number of nitrogens with zero attached hydrogens (tertiary/aromatic N) is 1. The SMILES string of the molecule is C#CCOc1ccc(/C=N/NC(=O)c2ccc(OCCC)c(OCC)c2)cc1OC. The van der Waals surface area contributed by atoms with E-state index in [0.717, 1.165) is 12.0 Å². The minimum Gasteiger partial charge on any atom is -0.493 e. The Morgan fingerprint density at radius 2 is 1.83 bits per heavy atom. The van der Waals surface area contributed by atoms with Gasteiger partial charge in [-0.3, -0.25) is 4.79 Å². The van der Waals surface area contributed by atoms with E-state index >= 15 is 0 Å². The number of rotatable bonds is 11. The zero-order valence-corrected chi connectivity index (χ0v) is 17.4. The molecule has 0 radical (unpaired) electrons. The van der Waals surface area contributed by atoms with Gasteiger partial charge in [0, 0.05) is 5.56 Å². The van der Waals surface area contributed by atoms with Crippen molar-refractivity contribution in [2.24, 2.45) is 5.10 Å². The molecule has 0 heterocycles. The van der Waals surface area contributed by atoms with Crippen molar-refractivity contribution in [1.82, 2.24) is 5.43 Å². The molecule has 1 amide bonds. The molecule has 7 nitrogen and oxygen atoms in total. The zero-order chi connectivity index (χ0) is 21.8. The molecular formula is C23H26N2O5. The van der Waals surface area contributed by atoms with Crippen molar-refractivity contribution in [3.8, 4) is 35.3 Å². The Morgan fingerprint density at radius 3 is 2.53 bits per heavy atom. The number of nitrogens with one attached hydrogen (secondary N) is 1. The molecule has 158 valence electrons. The van der Waals surface area contributed by atoms with E-state index in [2.05, 4.69) is 16.4 Å². The summed E-state index contributed by atoms with van der Waals surface area (Å²) in [5.74, 6) is 4.22. The van der Waals surface area contributed by atoms with Crippen LogP contribution in [0.5, 0.6) is 23.0 Å². The van der Waals surface area contributed by atoms with Crippen molar-refractivity contribution in [1.29, 1.82) is 0 Å². The van der Waals surface area contributed by atoms with E-state index in [9.17, 15) is 4.79 Å². The van der Waals surface area contributed by atoms with Crippen LogP contribution in [0.15, 0.2) is 41.5 Å². The number of ether oxygens (including phenoxy) is 4. The fraction of sp³-hybridized carbons (Fsp3) is 0.304. The first-order valence-electron chi connectivity index (χ1n) is 9.60. The lowest BCUT2D eigenvalue weighted by Gasteiger charge is -2.12. The summed E-state index contributed by atoms with van der Waals surface area (Å²) in [7, 11) is 1.53. The lowest BCUT2D eigenvalue weighted by Crippen LogP contribution is -2.17. The van der Waals surface area contributed by atoms with Crippen molar-refractivity contribution in [3.63, 3.8) is 0 Å². The van der Waals surface area contributed by atoms with Crippen LogP contribution in [0.25, 0.3) is 0 Å². The Bertz CT molecular complexity index is 918. The highest BCUT2D eigenvalue weighted by Gasteiger charge is 2.11. The van der Waals surface area contributed by atoms with Crippen LogP contribution < -0.4 is 24.4 Å². The lowest BCUT2D eigenvalue weighted by atomic mass is 10.2. The van der Waals surface area contributed by atoms with Crippen LogP contribution in [0.2, 0.25) is 0 Å². The second kappa shape index (κ2) is 12.0. The molecule has 1 N–H and O–H groups in total. The average molecular weight is 410 g/mol. The van der Waals surface area contributed by atoms with E-state index in [1.807, 2.05) is 13.8 Å². The molecule has 7 heteroatoms. The van der Waals surface area contributed by atoms with Crippen molar-refractivity contribution in [2.45, 2.75) is 20.3 Å². The third-order valence-electron chi connectivity index (χ3n) is 3.85. The smallest absolute Gasteiger partial charge is 0.271 e. The van der Waals surface area contributed by atoms with Gasteiger partial charge in [0.2, 0.25) is 0 Å². The number of amides is 1. The normalized spacial score (nSPS) is 10.3. The molecule has 0 aliphatic heterocycles. The number of carbonyl (C=O) groups is 1. The van der Waals surface area contributed by atoms with Crippen LogP contribution in [0.3, 0.4) is 0 Å². The summed E-state index contributed by atoms with van der Waals surface area (Å²) in [6.07, 6.45) is 7.59. The Kier molecular flexibility index (Phi) is 9.07. The highest BCUT2D eigenvalue weighted by Crippen LogP contribution is 2.29. The van der Waals surface area contributed by atoms with Gasteiger partial charge in [0.25, 0.3) is 5.91 Å². The van der Waals surface area contributed by atoms with Crippen molar-refractivity contribution in [2.75, 3.05) is 26.9 Å². The van der Waals surface area contributed by atoms with E-state index in [4.69, 9.17) is 25.4 Å². The lowest BCUT2D eigenvalue weighted by molar-refractivity contribution is 0.0954. The molecule has 0 bridgehead atoms.